The Hall–Kier alpha value is -0.780. The zero-order valence-corrected chi connectivity index (χ0v) is 15.9. The van der Waals surface area contributed by atoms with Gasteiger partial charge in [-0.15, -0.1) is 24.0 Å². The van der Waals surface area contributed by atoms with Gasteiger partial charge in [0.15, 0.2) is 5.96 Å². The highest BCUT2D eigenvalue weighted by Gasteiger charge is 2.23. The highest BCUT2D eigenvalue weighted by molar-refractivity contribution is 14.0. The summed E-state index contributed by atoms with van der Waals surface area (Å²) in [5.74, 6) is 1.77. The number of guanidine groups is 1. The predicted octanol–water partition coefficient (Wildman–Crippen LogP) is 3.47. The molecule has 1 aromatic carbocycles. The SMILES string of the molecule is CN=C(NCC1CC1)NCC(C)(C)c1cccc(C)c1.I. The van der Waals surface area contributed by atoms with E-state index in [1.807, 2.05) is 7.05 Å². The van der Waals surface area contributed by atoms with Gasteiger partial charge in [0.1, 0.15) is 0 Å². The van der Waals surface area contributed by atoms with Gasteiger partial charge in [-0.05, 0) is 31.2 Å². The van der Waals surface area contributed by atoms with Crippen LogP contribution in [0, 0.1) is 12.8 Å². The van der Waals surface area contributed by atoms with E-state index in [2.05, 4.69) is 60.7 Å². The normalized spacial score (nSPS) is 15.3. The van der Waals surface area contributed by atoms with Crippen molar-refractivity contribution in [2.45, 2.75) is 39.0 Å². The third kappa shape index (κ3) is 5.85. The van der Waals surface area contributed by atoms with E-state index in [1.54, 1.807) is 0 Å². The van der Waals surface area contributed by atoms with Crippen molar-refractivity contribution in [3.05, 3.63) is 35.4 Å². The van der Waals surface area contributed by atoms with Crippen molar-refractivity contribution in [3.8, 4) is 0 Å². The number of benzene rings is 1. The summed E-state index contributed by atoms with van der Waals surface area (Å²) in [5, 5.41) is 6.86. The Balaban J connectivity index is 0.00000220. The molecular weight excluding hydrogens is 373 g/mol. The second kappa shape index (κ2) is 8.01. The molecular formula is C17H28IN3. The Morgan fingerprint density at radius 2 is 2.00 bits per heavy atom. The van der Waals surface area contributed by atoms with Crippen LogP contribution in [0.1, 0.15) is 37.8 Å². The van der Waals surface area contributed by atoms with Gasteiger partial charge in [0.25, 0.3) is 0 Å². The van der Waals surface area contributed by atoms with Crippen LogP contribution in [0.5, 0.6) is 0 Å². The van der Waals surface area contributed by atoms with Gasteiger partial charge in [-0.2, -0.15) is 0 Å². The van der Waals surface area contributed by atoms with Crippen LogP contribution in [0.15, 0.2) is 29.3 Å². The Morgan fingerprint density at radius 1 is 1.29 bits per heavy atom. The molecule has 0 spiro atoms. The van der Waals surface area contributed by atoms with E-state index >= 15 is 0 Å². The molecule has 0 radical (unpaired) electrons. The van der Waals surface area contributed by atoms with Crippen LogP contribution < -0.4 is 10.6 Å². The molecule has 0 aromatic heterocycles. The van der Waals surface area contributed by atoms with Crippen molar-refractivity contribution < 1.29 is 0 Å². The number of nitrogens with one attached hydrogen (secondary N) is 2. The molecule has 1 aliphatic carbocycles. The number of aryl methyl sites for hydroxylation is 1. The fraction of sp³-hybridized carbons (Fsp3) is 0.588. The minimum atomic E-state index is 0. The number of aliphatic imine (C=N–C) groups is 1. The Kier molecular flexibility index (Phi) is 6.97. The van der Waals surface area contributed by atoms with E-state index in [9.17, 15) is 0 Å². The lowest BCUT2D eigenvalue weighted by Gasteiger charge is -2.27. The lowest BCUT2D eigenvalue weighted by Crippen LogP contribution is -2.44. The summed E-state index contributed by atoms with van der Waals surface area (Å²) in [6.07, 6.45) is 2.72. The third-order valence-electron chi connectivity index (χ3n) is 3.98. The quantitative estimate of drug-likeness (QED) is 0.451. The summed E-state index contributed by atoms with van der Waals surface area (Å²) in [5.41, 5.74) is 2.76. The first-order valence-corrected chi connectivity index (χ1v) is 7.53. The molecule has 0 unspecified atom stereocenters. The second-order valence-corrected chi connectivity index (χ2v) is 6.50. The van der Waals surface area contributed by atoms with Crippen LogP contribution in [0.3, 0.4) is 0 Å². The summed E-state index contributed by atoms with van der Waals surface area (Å²) >= 11 is 0. The van der Waals surface area contributed by atoms with Crippen molar-refractivity contribution in [3.63, 3.8) is 0 Å². The average molecular weight is 401 g/mol. The smallest absolute Gasteiger partial charge is 0.191 e. The van der Waals surface area contributed by atoms with Crippen LogP contribution in [-0.2, 0) is 5.41 Å². The van der Waals surface area contributed by atoms with Crippen molar-refractivity contribution in [2.24, 2.45) is 10.9 Å². The summed E-state index contributed by atoms with van der Waals surface area (Å²) in [4.78, 5) is 4.30. The number of halogens is 1. The molecule has 118 valence electrons. The topological polar surface area (TPSA) is 36.4 Å². The maximum absolute atomic E-state index is 4.30. The number of nitrogens with zero attached hydrogens (tertiary/aromatic N) is 1. The van der Waals surface area contributed by atoms with Gasteiger partial charge in [0.2, 0.25) is 0 Å². The molecule has 4 heteroatoms. The van der Waals surface area contributed by atoms with Gasteiger partial charge in [-0.1, -0.05) is 43.7 Å². The highest BCUT2D eigenvalue weighted by Crippen LogP contribution is 2.27. The van der Waals surface area contributed by atoms with E-state index in [-0.39, 0.29) is 29.4 Å². The Morgan fingerprint density at radius 3 is 2.57 bits per heavy atom. The van der Waals surface area contributed by atoms with Crippen molar-refractivity contribution in [1.29, 1.82) is 0 Å². The zero-order chi connectivity index (χ0) is 14.6. The fourth-order valence-electron chi connectivity index (χ4n) is 2.26. The maximum atomic E-state index is 4.30. The molecule has 1 aromatic rings. The monoisotopic (exact) mass is 401 g/mol. The van der Waals surface area contributed by atoms with Gasteiger partial charge >= 0.3 is 0 Å². The number of hydrogen-bond donors (Lipinski definition) is 2. The van der Waals surface area contributed by atoms with Gasteiger partial charge in [-0.25, -0.2) is 0 Å². The third-order valence-corrected chi connectivity index (χ3v) is 3.98. The molecule has 0 aliphatic heterocycles. The first-order chi connectivity index (χ1) is 9.51. The molecule has 1 fully saturated rings. The van der Waals surface area contributed by atoms with Crippen molar-refractivity contribution in [1.82, 2.24) is 10.6 Å². The maximum Gasteiger partial charge on any atom is 0.191 e. The van der Waals surface area contributed by atoms with Gasteiger partial charge in [-0.3, -0.25) is 4.99 Å². The Bertz CT molecular complexity index is 479. The van der Waals surface area contributed by atoms with Gasteiger partial charge in [0.05, 0.1) is 0 Å². The molecule has 0 amide bonds. The first kappa shape index (κ1) is 18.3. The predicted molar refractivity (Wildman–Crippen MR) is 102 cm³/mol. The van der Waals surface area contributed by atoms with Gasteiger partial charge in [0, 0.05) is 25.6 Å². The van der Waals surface area contributed by atoms with Crippen LogP contribution in [0.25, 0.3) is 0 Å². The Labute approximate surface area is 146 Å². The lowest BCUT2D eigenvalue weighted by atomic mass is 9.84. The van der Waals surface area contributed by atoms with E-state index in [4.69, 9.17) is 0 Å². The summed E-state index contributed by atoms with van der Waals surface area (Å²) in [6.45, 7) is 8.60. The van der Waals surface area contributed by atoms with E-state index in [0.29, 0.717) is 0 Å². The molecule has 2 N–H and O–H groups in total. The number of hydrogen-bond acceptors (Lipinski definition) is 1. The average Bonchev–Trinajstić information content (AvgIpc) is 3.23. The molecule has 1 aliphatic rings. The van der Waals surface area contributed by atoms with E-state index in [0.717, 1.165) is 25.0 Å². The number of rotatable bonds is 5. The molecule has 0 bridgehead atoms. The molecule has 2 rings (SSSR count). The molecule has 1 saturated carbocycles. The lowest BCUT2D eigenvalue weighted by molar-refractivity contribution is 0.508. The highest BCUT2D eigenvalue weighted by atomic mass is 127. The van der Waals surface area contributed by atoms with Crippen molar-refractivity contribution >= 4 is 29.9 Å². The molecule has 3 nitrogen and oxygen atoms in total. The summed E-state index contributed by atoms with van der Waals surface area (Å²) in [7, 11) is 1.84. The fourth-order valence-corrected chi connectivity index (χ4v) is 2.26. The van der Waals surface area contributed by atoms with Crippen LogP contribution in [0.2, 0.25) is 0 Å². The van der Waals surface area contributed by atoms with E-state index in [1.165, 1.54) is 24.0 Å². The molecule has 0 atom stereocenters. The zero-order valence-electron chi connectivity index (χ0n) is 13.6. The minimum absolute atomic E-state index is 0. The van der Waals surface area contributed by atoms with Crippen LogP contribution in [-0.4, -0.2) is 26.1 Å². The summed E-state index contributed by atoms with van der Waals surface area (Å²) < 4.78 is 0. The molecule has 21 heavy (non-hydrogen) atoms. The van der Waals surface area contributed by atoms with Crippen LogP contribution in [0.4, 0.5) is 0 Å². The minimum Gasteiger partial charge on any atom is -0.356 e. The van der Waals surface area contributed by atoms with Gasteiger partial charge < -0.3 is 10.6 Å². The van der Waals surface area contributed by atoms with Crippen LogP contribution >= 0.6 is 24.0 Å². The summed E-state index contributed by atoms with van der Waals surface area (Å²) in [6, 6.07) is 8.74. The standard InChI is InChI=1S/C17H27N3.HI/c1-13-6-5-7-15(10-13)17(2,3)12-20-16(18-4)19-11-14-8-9-14;/h5-7,10,14H,8-9,11-12H2,1-4H3,(H2,18,19,20);1H. The second-order valence-electron chi connectivity index (χ2n) is 6.50. The largest absolute Gasteiger partial charge is 0.356 e. The van der Waals surface area contributed by atoms with Crippen molar-refractivity contribution in [2.75, 3.05) is 20.1 Å². The molecule has 0 heterocycles. The van der Waals surface area contributed by atoms with E-state index < -0.39 is 0 Å². The molecule has 0 saturated heterocycles. The first-order valence-electron chi connectivity index (χ1n) is 7.53.